The van der Waals surface area contributed by atoms with E-state index in [-0.39, 0.29) is 12.5 Å². The molecule has 152 valence electrons. The number of alkyl halides is 4. The third-order valence-corrected chi connectivity index (χ3v) is 4.86. The van der Waals surface area contributed by atoms with Gasteiger partial charge in [0.15, 0.2) is 5.96 Å². The van der Waals surface area contributed by atoms with Gasteiger partial charge in [0, 0.05) is 29.2 Å². The van der Waals surface area contributed by atoms with Gasteiger partial charge in [0.25, 0.3) is 0 Å². The molecule has 0 saturated heterocycles. The van der Waals surface area contributed by atoms with Gasteiger partial charge in [-0.05, 0) is 28.5 Å². The van der Waals surface area contributed by atoms with Gasteiger partial charge >= 0.3 is 12.1 Å². The number of benzene rings is 2. The highest BCUT2D eigenvalue weighted by molar-refractivity contribution is 9.10. The summed E-state index contributed by atoms with van der Waals surface area (Å²) in [4.78, 5) is 10.8. The Balaban J connectivity index is 0.000000345. The molecule has 0 fully saturated rings. The van der Waals surface area contributed by atoms with Crippen LogP contribution in [0, 0.1) is 5.41 Å². The summed E-state index contributed by atoms with van der Waals surface area (Å²) in [6, 6.07) is 10.3. The van der Waals surface area contributed by atoms with E-state index in [4.69, 9.17) is 15.3 Å². The van der Waals surface area contributed by atoms with E-state index < -0.39 is 18.8 Å². The topological polar surface area (TPSA) is 76.4 Å². The number of guanidine groups is 1. The zero-order valence-electron chi connectivity index (χ0n) is 14.8. The maximum atomic E-state index is 12.3. The first-order chi connectivity index (χ1) is 13.1. The standard InChI is InChI=1S/C16H17BrFN3.C2HF3O2/c1-10-9-21(16(19)20-8-7-18)14-6-5-11-12(15(10)14)3-2-4-13(11)17;3-2(4,5)1(6)7/h2-6,10H,7-9H2,1H3,(H2,19,20);(H,6,7). The first kappa shape index (κ1) is 21.9. The Morgan fingerprint density at radius 2 is 1.96 bits per heavy atom. The molecular weight excluding hydrogens is 446 g/mol. The minimum absolute atomic E-state index is 0.179. The van der Waals surface area contributed by atoms with Gasteiger partial charge in [-0.3, -0.25) is 5.41 Å². The van der Waals surface area contributed by atoms with Gasteiger partial charge in [-0.15, -0.1) is 0 Å². The number of nitrogens with one attached hydrogen (secondary N) is 2. The number of hydrogen-bond donors (Lipinski definition) is 3. The number of hydrogen-bond acceptors (Lipinski definition) is 2. The van der Waals surface area contributed by atoms with E-state index in [0.717, 1.165) is 16.7 Å². The number of nitrogens with zero attached hydrogens (tertiary/aromatic N) is 1. The second-order valence-electron chi connectivity index (χ2n) is 6.11. The first-order valence-corrected chi connectivity index (χ1v) is 9.04. The fourth-order valence-electron chi connectivity index (χ4n) is 3.02. The molecule has 3 rings (SSSR count). The van der Waals surface area contributed by atoms with Crippen molar-refractivity contribution in [2.75, 3.05) is 24.7 Å². The Kier molecular flexibility index (Phi) is 6.87. The van der Waals surface area contributed by atoms with Crippen LogP contribution < -0.4 is 10.2 Å². The zero-order chi connectivity index (χ0) is 21.1. The number of anilines is 1. The molecule has 0 amide bonds. The molecule has 0 saturated carbocycles. The first-order valence-electron chi connectivity index (χ1n) is 8.25. The molecule has 2 aromatic rings. The summed E-state index contributed by atoms with van der Waals surface area (Å²) in [7, 11) is 0. The number of aliphatic carboxylic acids is 1. The molecule has 10 heteroatoms. The number of fused-ring (bicyclic) bond motifs is 3. The van der Waals surface area contributed by atoms with Crippen LogP contribution in [0.1, 0.15) is 18.4 Å². The smallest absolute Gasteiger partial charge is 0.475 e. The van der Waals surface area contributed by atoms with E-state index in [9.17, 15) is 17.6 Å². The van der Waals surface area contributed by atoms with Gasteiger partial charge in [-0.1, -0.05) is 41.1 Å². The highest BCUT2D eigenvalue weighted by Crippen LogP contribution is 2.42. The lowest BCUT2D eigenvalue weighted by atomic mass is 9.96. The Morgan fingerprint density at radius 3 is 2.54 bits per heavy atom. The summed E-state index contributed by atoms with van der Waals surface area (Å²) in [5, 5.41) is 20.5. The molecule has 1 atom stereocenters. The van der Waals surface area contributed by atoms with Gasteiger partial charge in [0.1, 0.15) is 6.67 Å². The molecule has 1 aliphatic heterocycles. The van der Waals surface area contributed by atoms with Gasteiger partial charge in [0.2, 0.25) is 0 Å². The average molecular weight is 464 g/mol. The van der Waals surface area contributed by atoms with Crippen LogP contribution in [0.25, 0.3) is 10.8 Å². The predicted octanol–water partition coefficient (Wildman–Crippen LogP) is 4.65. The van der Waals surface area contributed by atoms with Gasteiger partial charge < -0.3 is 15.3 Å². The molecule has 0 radical (unpaired) electrons. The Bertz CT molecular complexity index is 889. The molecule has 1 unspecified atom stereocenters. The number of carbonyl (C=O) groups is 1. The maximum Gasteiger partial charge on any atom is 0.490 e. The van der Waals surface area contributed by atoms with Crippen molar-refractivity contribution < 1.29 is 27.5 Å². The lowest BCUT2D eigenvalue weighted by molar-refractivity contribution is -0.192. The van der Waals surface area contributed by atoms with Crippen LogP contribution in [-0.2, 0) is 4.79 Å². The molecular formula is C18H18BrF4N3O2. The summed E-state index contributed by atoms with van der Waals surface area (Å²) in [6.45, 7) is 2.63. The van der Waals surface area contributed by atoms with Crippen LogP contribution in [0.2, 0.25) is 0 Å². The van der Waals surface area contributed by atoms with E-state index in [1.54, 1.807) is 0 Å². The molecule has 0 bridgehead atoms. The molecule has 0 spiro atoms. The van der Waals surface area contributed by atoms with Gasteiger partial charge in [0.05, 0.1) is 0 Å². The van der Waals surface area contributed by atoms with Crippen molar-refractivity contribution in [3.8, 4) is 0 Å². The Labute approximate surface area is 167 Å². The quantitative estimate of drug-likeness (QED) is 0.344. The molecule has 0 aromatic heterocycles. The maximum absolute atomic E-state index is 12.3. The van der Waals surface area contributed by atoms with Crippen LogP contribution in [0.4, 0.5) is 23.2 Å². The lowest BCUT2D eigenvalue weighted by Gasteiger charge is -2.21. The van der Waals surface area contributed by atoms with E-state index in [1.807, 2.05) is 17.0 Å². The third-order valence-electron chi connectivity index (χ3n) is 4.17. The zero-order valence-corrected chi connectivity index (χ0v) is 16.4. The van der Waals surface area contributed by atoms with Crippen molar-refractivity contribution in [2.24, 2.45) is 0 Å². The Hall–Kier alpha value is -2.36. The highest BCUT2D eigenvalue weighted by atomic mass is 79.9. The summed E-state index contributed by atoms with van der Waals surface area (Å²) in [5.41, 5.74) is 2.31. The average Bonchev–Trinajstić information content (AvgIpc) is 2.97. The van der Waals surface area contributed by atoms with Crippen LogP contribution in [0.15, 0.2) is 34.8 Å². The molecule has 3 N–H and O–H groups in total. The molecule has 2 aromatic carbocycles. The second kappa shape index (κ2) is 8.76. The van der Waals surface area contributed by atoms with Crippen LogP contribution in [-0.4, -0.2) is 43.0 Å². The predicted molar refractivity (Wildman–Crippen MR) is 103 cm³/mol. The van der Waals surface area contributed by atoms with E-state index in [2.05, 4.69) is 46.4 Å². The minimum atomic E-state index is -5.08. The lowest BCUT2D eigenvalue weighted by Crippen LogP contribution is -2.40. The fourth-order valence-corrected chi connectivity index (χ4v) is 3.52. The fraction of sp³-hybridized carbons (Fsp3) is 0.333. The monoisotopic (exact) mass is 463 g/mol. The number of carboxylic acid groups (broad SMARTS) is 1. The van der Waals surface area contributed by atoms with Crippen LogP contribution in [0.5, 0.6) is 0 Å². The van der Waals surface area contributed by atoms with E-state index in [1.165, 1.54) is 16.3 Å². The second-order valence-corrected chi connectivity index (χ2v) is 6.97. The van der Waals surface area contributed by atoms with Crippen molar-refractivity contribution in [3.05, 3.63) is 40.4 Å². The van der Waals surface area contributed by atoms with Crippen molar-refractivity contribution in [3.63, 3.8) is 0 Å². The molecule has 0 aliphatic carbocycles. The number of rotatable bonds is 2. The molecule has 1 aliphatic rings. The normalized spacial score (nSPS) is 15.6. The van der Waals surface area contributed by atoms with Crippen molar-refractivity contribution >= 4 is 44.3 Å². The highest BCUT2D eigenvalue weighted by Gasteiger charge is 2.38. The van der Waals surface area contributed by atoms with Gasteiger partial charge in [-0.2, -0.15) is 13.2 Å². The minimum Gasteiger partial charge on any atom is -0.475 e. The largest absolute Gasteiger partial charge is 0.490 e. The third kappa shape index (κ3) is 4.73. The van der Waals surface area contributed by atoms with Crippen molar-refractivity contribution in [2.45, 2.75) is 19.0 Å². The molecule has 28 heavy (non-hydrogen) atoms. The number of halogens is 5. The van der Waals surface area contributed by atoms with E-state index in [0.29, 0.717) is 5.92 Å². The Morgan fingerprint density at radius 1 is 1.32 bits per heavy atom. The van der Waals surface area contributed by atoms with Gasteiger partial charge in [-0.25, -0.2) is 9.18 Å². The SMILES string of the molecule is CC1CN(C(=N)NCCF)c2ccc3c(Br)cccc3c21.O=C(O)C(F)(F)F. The van der Waals surface area contributed by atoms with E-state index >= 15 is 0 Å². The summed E-state index contributed by atoms with van der Waals surface area (Å²) in [6.07, 6.45) is -5.08. The molecule has 5 nitrogen and oxygen atoms in total. The summed E-state index contributed by atoms with van der Waals surface area (Å²) < 4.78 is 45.1. The van der Waals surface area contributed by atoms with Crippen LogP contribution in [0.3, 0.4) is 0 Å². The summed E-state index contributed by atoms with van der Waals surface area (Å²) in [5.74, 6) is -2.15. The van der Waals surface area contributed by atoms with Crippen molar-refractivity contribution in [1.29, 1.82) is 5.41 Å². The number of carboxylic acids is 1. The van der Waals surface area contributed by atoms with Crippen molar-refractivity contribution in [1.82, 2.24) is 5.32 Å². The van der Waals surface area contributed by atoms with Crippen LogP contribution >= 0.6 is 15.9 Å². The molecule has 1 heterocycles. The summed E-state index contributed by atoms with van der Waals surface area (Å²) >= 11 is 3.59.